The number of nitrogens with one attached hydrogen (secondary N) is 1. The summed E-state index contributed by atoms with van der Waals surface area (Å²) in [6.45, 7) is 6.86. The van der Waals surface area contributed by atoms with E-state index in [1.54, 1.807) is 0 Å². The Balaban J connectivity index is 2.62. The Morgan fingerprint density at radius 3 is 2.81 bits per heavy atom. The number of aromatic nitrogens is 2. The number of hydrogen-bond donors (Lipinski definition) is 1. The van der Waals surface area contributed by atoms with Crippen LogP contribution in [0.2, 0.25) is 0 Å². The number of rotatable bonds is 6. The second-order valence-corrected chi connectivity index (χ2v) is 4.39. The Kier molecular flexibility index (Phi) is 5.52. The number of hydrogen-bond acceptors (Lipinski definition) is 4. The molecular weight excluding hydrogens is 270 g/mol. The lowest BCUT2D eigenvalue weighted by atomic mass is 10.1. The minimum atomic E-state index is 0.351. The van der Waals surface area contributed by atoms with E-state index in [0.29, 0.717) is 24.4 Å². The Morgan fingerprint density at radius 2 is 2.19 bits per heavy atom. The van der Waals surface area contributed by atoms with Gasteiger partial charge < -0.3 is 10.1 Å². The maximum absolute atomic E-state index is 5.31. The maximum atomic E-state index is 5.31. The van der Waals surface area contributed by atoms with E-state index in [1.807, 2.05) is 13.0 Å². The number of anilines is 1. The van der Waals surface area contributed by atoms with Crippen molar-refractivity contribution < 1.29 is 4.74 Å². The standard InChI is InChI=1S/C11H18BrN3O/c1-4-16-11-5-10(13-7-14-11)15-9(3)8(2)6-12/h5,7-9H,4,6H2,1-3H3,(H,13,14,15). The van der Waals surface area contributed by atoms with Crippen molar-refractivity contribution in [3.8, 4) is 5.88 Å². The van der Waals surface area contributed by atoms with Crippen molar-refractivity contribution in [1.29, 1.82) is 0 Å². The first kappa shape index (κ1) is 13.2. The van der Waals surface area contributed by atoms with Crippen molar-refractivity contribution in [2.45, 2.75) is 26.8 Å². The van der Waals surface area contributed by atoms with Crippen molar-refractivity contribution in [3.05, 3.63) is 12.4 Å². The summed E-state index contributed by atoms with van der Waals surface area (Å²) in [7, 11) is 0. The van der Waals surface area contributed by atoms with Gasteiger partial charge in [-0.3, -0.25) is 0 Å². The highest BCUT2D eigenvalue weighted by molar-refractivity contribution is 9.09. The summed E-state index contributed by atoms with van der Waals surface area (Å²) in [5.41, 5.74) is 0. The third kappa shape index (κ3) is 3.96. The van der Waals surface area contributed by atoms with Crippen LogP contribution in [0.3, 0.4) is 0 Å². The Morgan fingerprint density at radius 1 is 1.44 bits per heavy atom. The first-order valence-electron chi connectivity index (χ1n) is 5.44. The summed E-state index contributed by atoms with van der Waals surface area (Å²) in [5.74, 6) is 1.95. The van der Waals surface area contributed by atoms with Gasteiger partial charge in [0.2, 0.25) is 5.88 Å². The minimum Gasteiger partial charge on any atom is -0.478 e. The van der Waals surface area contributed by atoms with Crippen molar-refractivity contribution in [2.75, 3.05) is 17.3 Å². The molecule has 2 atom stereocenters. The molecule has 5 heteroatoms. The van der Waals surface area contributed by atoms with Crippen molar-refractivity contribution in [1.82, 2.24) is 9.97 Å². The summed E-state index contributed by atoms with van der Waals surface area (Å²) in [6, 6.07) is 2.17. The number of nitrogens with zero attached hydrogens (tertiary/aromatic N) is 2. The highest BCUT2D eigenvalue weighted by Crippen LogP contribution is 2.15. The molecule has 0 aliphatic heterocycles. The Bertz CT molecular complexity index is 322. The van der Waals surface area contributed by atoms with E-state index in [1.165, 1.54) is 6.33 Å². The van der Waals surface area contributed by atoms with Gasteiger partial charge in [0.15, 0.2) is 0 Å². The maximum Gasteiger partial charge on any atom is 0.218 e. The zero-order valence-electron chi connectivity index (χ0n) is 9.90. The van der Waals surface area contributed by atoms with Gasteiger partial charge in [-0.25, -0.2) is 9.97 Å². The first-order chi connectivity index (χ1) is 7.67. The van der Waals surface area contributed by atoms with Gasteiger partial charge in [-0.15, -0.1) is 0 Å². The molecule has 0 saturated carbocycles. The SMILES string of the molecule is CCOc1cc(NC(C)C(C)CBr)ncn1. The average Bonchev–Trinajstić information content (AvgIpc) is 2.29. The van der Waals surface area contributed by atoms with Gasteiger partial charge in [-0.1, -0.05) is 22.9 Å². The molecule has 2 unspecified atom stereocenters. The summed E-state index contributed by atoms with van der Waals surface area (Å²) in [4.78, 5) is 8.18. The number of halogens is 1. The van der Waals surface area contributed by atoms with Gasteiger partial charge in [0.05, 0.1) is 6.61 Å². The van der Waals surface area contributed by atoms with Crippen LogP contribution in [0.25, 0.3) is 0 Å². The molecule has 1 aromatic heterocycles. The molecule has 0 spiro atoms. The zero-order chi connectivity index (χ0) is 12.0. The third-order valence-electron chi connectivity index (χ3n) is 2.41. The van der Waals surface area contributed by atoms with E-state index in [-0.39, 0.29) is 0 Å². The summed E-state index contributed by atoms with van der Waals surface area (Å²) in [6.07, 6.45) is 1.51. The number of alkyl halides is 1. The van der Waals surface area contributed by atoms with Crippen LogP contribution in [0.4, 0.5) is 5.82 Å². The zero-order valence-corrected chi connectivity index (χ0v) is 11.5. The molecule has 0 fully saturated rings. The molecule has 1 N–H and O–H groups in total. The van der Waals surface area contributed by atoms with E-state index in [2.05, 4.69) is 45.1 Å². The molecule has 0 aliphatic rings. The van der Waals surface area contributed by atoms with Crippen molar-refractivity contribution in [2.24, 2.45) is 5.92 Å². The molecule has 1 heterocycles. The smallest absolute Gasteiger partial charge is 0.218 e. The van der Waals surface area contributed by atoms with Crippen LogP contribution < -0.4 is 10.1 Å². The average molecular weight is 288 g/mol. The van der Waals surface area contributed by atoms with E-state index < -0.39 is 0 Å². The summed E-state index contributed by atoms with van der Waals surface area (Å²) < 4.78 is 5.31. The first-order valence-corrected chi connectivity index (χ1v) is 6.56. The molecule has 0 radical (unpaired) electrons. The fourth-order valence-corrected chi connectivity index (χ4v) is 1.72. The van der Waals surface area contributed by atoms with Crippen LogP contribution in [-0.2, 0) is 0 Å². The lowest BCUT2D eigenvalue weighted by Gasteiger charge is -2.19. The van der Waals surface area contributed by atoms with E-state index >= 15 is 0 Å². The topological polar surface area (TPSA) is 47.0 Å². The van der Waals surface area contributed by atoms with Gasteiger partial charge in [-0.2, -0.15) is 0 Å². The van der Waals surface area contributed by atoms with Crippen LogP contribution in [-0.4, -0.2) is 27.9 Å². The normalized spacial score (nSPS) is 14.2. The van der Waals surface area contributed by atoms with Crippen LogP contribution in [0.15, 0.2) is 12.4 Å². The van der Waals surface area contributed by atoms with Crippen LogP contribution in [0, 0.1) is 5.92 Å². The molecule has 4 nitrogen and oxygen atoms in total. The van der Waals surface area contributed by atoms with Gasteiger partial charge in [0.1, 0.15) is 12.1 Å². The molecular formula is C11H18BrN3O. The second kappa shape index (κ2) is 6.68. The molecule has 16 heavy (non-hydrogen) atoms. The highest BCUT2D eigenvalue weighted by atomic mass is 79.9. The molecule has 1 rings (SSSR count). The van der Waals surface area contributed by atoms with E-state index in [9.17, 15) is 0 Å². The fraction of sp³-hybridized carbons (Fsp3) is 0.636. The second-order valence-electron chi connectivity index (χ2n) is 3.74. The van der Waals surface area contributed by atoms with Crippen molar-refractivity contribution >= 4 is 21.7 Å². The molecule has 90 valence electrons. The summed E-state index contributed by atoms with van der Waals surface area (Å²) >= 11 is 3.47. The van der Waals surface area contributed by atoms with Gasteiger partial charge >= 0.3 is 0 Å². The summed E-state index contributed by atoms with van der Waals surface area (Å²) in [5, 5.41) is 4.29. The lowest BCUT2D eigenvalue weighted by molar-refractivity contribution is 0.326. The third-order valence-corrected chi connectivity index (χ3v) is 3.43. The Hall–Kier alpha value is -0.840. The monoisotopic (exact) mass is 287 g/mol. The van der Waals surface area contributed by atoms with Crippen LogP contribution >= 0.6 is 15.9 Å². The predicted molar refractivity (Wildman–Crippen MR) is 69.2 cm³/mol. The molecule has 0 aliphatic carbocycles. The van der Waals surface area contributed by atoms with Gasteiger partial charge in [0, 0.05) is 17.4 Å². The minimum absolute atomic E-state index is 0.351. The molecule has 0 saturated heterocycles. The highest BCUT2D eigenvalue weighted by Gasteiger charge is 2.11. The van der Waals surface area contributed by atoms with Crippen LogP contribution in [0.1, 0.15) is 20.8 Å². The Labute approximate surface area is 105 Å². The van der Waals surface area contributed by atoms with E-state index in [0.717, 1.165) is 11.1 Å². The quantitative estimate of drug-likeness (QED) is 0.818. The van der Waals surface area contributed by atoms with Crippen LogP contribution in [0.5, 0.6) is 5.88 Å². The van der Waals surface area contributed by atoms with Gasteiger partial charge in [-0.05, 0) is 19.8 Å². The molecule has 0 amide bonds. The lowest BCUT2D eigenvalue weighted by Crippen LogP contribution is -2.25. The predicted octanol–water partition coefficient (Wildman–Crippen LogP) is 2.71. The largest absolute Gasteiger partial charge is 0.478 e. The fourth-order valence-electron chi connectivity index (χ4n) is 1.15. The van der Waals surface area contributed by atoms with Gasteiger partial charge in [0.25, 0.3) is 0 Å². The number of ether oxygens (including phenoxy) is 1. The molecule has 0 bridgehead atoms. The van der Waals surface area contributed by atoms with E-state index in [4.69, 9.17) is 4.74 Å². The van der Waals surface area contributed by atoms with Crippen molar-refractivity contribution in [3.63, 3.8) is 0 Å². The molecule has 0 aromatic carbocycles. The molecule has 1 aromatic rings.